The Balaban J connectivity index is 2.52. The average molecular weight is 429 g/mol. The lowest BCUT2D eigenvalue weighted by molar-refractivity contribution is 0.0716. The number of hydrogen-bond donors (Lipinski definition) is 1. The van der Waals surface area contributed by atoms with Gasteiger partial charge in [0.05, 0.1) is 5.56 Å². The molecule has 0 heterocycles. The summed E-state index contributed by atoms with van der Waals surface area (Å²) in [5.74, 6) is -12.5. The molecule has 0 radical (unpaired) electrons. The molecule has 0 aromatic heterocycles. The van der Waals surface area contributed by atoms with Crippen LogP contribution in [0.3, 0.4) is 0 Å². The third-order valence-electron chi connectivity index (χ3n) is 2.72. The van der Waals surface area contributed by atoms with E-state index in [0.29, 0.717) is 4.47 Å². The van der Waals surface area contributed by atoms with Crippen molar-refractivity contribution < 1.29 is 40.1 Å². The average Bonchev–Trinajstić information content (AvgIpc) is 2.49. The van der Waals surface area contributed by atoms with E-state index in [1.807, 2.05) is 0 Å². The van der Waals surface area contributed by atoms with Gasteiger partial charge in [0.2, 0.25) is 17.4 Å². The molecule has 0 spiro atoms. The molecule has 0 saturated carbocycles. The number of halogens is 5. The van der Waals surface area contributed by atoms with Gasteiger partial charge in [0.15, 0.2) is 16.5 Å². The van der Waals surface area contributed by atoms with E-state index in [4.69, 9.17) is 4.55 Å². The maximum atomic E-state index is 13.7. The molecule has 2 rings (SSSR count). The third kappa shape index (κ3) is 3.42. The number of carbonyl (C=O) groups excluding carboxylic acids is 1. The minimum atomic E-state index is -5.59. The lowest BCUT2D eigenvalue weighted by Crippen LogP contribution is -2.15. The van der Waals surface area contributed by atoms with E-state index in [0.717, 1.165) is 0 Å². The van der Waals surface area contributed by atoms with Gasteiger partial charge in [0, 0.05) is 4.47 Å². The second kappa shape index (κ2) is 6.49. The molecule has 0 amide bonds. The molecule has 0 aliphatic rings. The Morgan fingerprint density at radius 1 is 0.958 bits per heavy atom. The van der Waals surface area contributed by atoms with Crippen molar-refractivity contribution in [3.05, 3.63) is 57.6 Å². The van der Waals surface area contributed by atoms with Gasteiger partial charge >= 0.3 is 16.1 Å². The second-order valence-corrected chi connectivity index (χ2v) is 6.56. The minimum absolute atomic E-state index is 0.198. The van der Waals surface area contributed by atoms with E-state index in [9.17, 15) is 30.8 Å². The van der Waals surface area contributed by atoms with Gasteiger partial charge in [0.1, 0.15) is 0 Å². The van der Waals surface area contributed by atoms with E-state index in [1.54, 1.807) is 0 Å². The highest BCUT2D eigenvalue weighted by molar-refractivity contribution is 9.10. The summed E-state index contributed by atoms with van der Waals surface area (Å²) in [4.78, 5) is 9.53. The lowest BCUT2D eigenvalue weighted by Gasteiger charge is -2.10. The van der Waals surface area contributed by atoms with Gasteiger partial charge in [-0.05, 0) is 24.3 Å². The zero-order valence-electron chi connectivity index (χ0n) is 11.2. The van der Waals surface area contributed by atoms with Crippen LogP contribution in [0.1, 0.15) is 10.4 Å². The first-order valence-corrected chi connectivity index (χ1v) is 8.08. The first-order chi connectivity index (χ1) is 11.0. The van der Waals surface area contributed by atoms with Crippen LogP contribution in [-0.2, 0) is 10.1 Å². The van der Waals surface area contributed by atoms with Crippen LogP contribution in [-0.4, -0.2) is 18.9 Å². The number of benzene rings is 2. The molecule has 0 bridgehead atoms. The van der Waals surface area contributed by atoms with E-state index in [2.05, 4.69) is 20.7 Å². The summed E-state index contributed by atoms with van der Waals surface area (Å²) in [6.07, 6.45) is 0. The first-order valence-electron chi connectivity index (χ1n) is 5.85. The van der Waals surface area contributed by atoms with Gasteiger partial charge in [-0.2, -0.15) is 17.2 Å². The van der Waals surface area contributed by atoms with Crippen molar-refractivity contribution >= 4 is 32.0 Å². The molecule has 5 nitrogen and oxygen atoms in total. The van der Waals surface area contributed by atoms with Crippen LogP contribution < -0.4 is 4.74 Å². The van der Waals surface area contributed by atoms with Crippen LogP contribution in [0, 0.1) is 23.3 Å². The molecule has 24 heavy (non-hydrogen) atoms. The molecule has 2 aromatic rings. The zero-order chi connectivity index (χ0) is 18.2. The Kier molecular flexibility index (Phi) is 4.97. The Bertz CT molecular complexity index is 899. The monoisotopic (exact) mass is 428 g/mol. The van der Waals surface area contributed by atoms with E-state index < -0.39 is 50.0 Å². The molecule has 0 aliphatic heterocycles. The SMILES string of the molecule is O=C(Oc1c(F)c(F)c(S(=O)(=O)O)c(F)c1F)c1ccc(Br)cc1. The summed E-state index contributed by atoms with van der Waals surface area (Å²) in [6.45, 7) is 0. The van der Waals surface area contributed by atoms with Crippen molar-refractivity contribution in [3.63, 3.8) is 0 Å². The number of esters is 1. The van der Waals surface area contributed by atoms with E-state index in [-0.39, 0.29) is 5.56 Å². The quantitative estimate of drug-likeness (QED) is 0.266. The maximum Gasteiger partial charge on any atom is 0.343 e. The Labute approximate surface area is 140 Å². The molecule has 0 atom stereocenters. The molecular weight excluding hydrogens is 424 g/mol. The molecule has 128 valence electrons. The van der Waals surface area contributed by atoms with Crippen LogP contribution in [0.2, 0.25) is 0 Å². The standard InChI is InChI=1S/C13H5BrF4O5S/c14-6-3-1-5(2-4-6)13(19)23-11-7(15)9(17)12(24(20,21)22)10(18)8(11)16/h1-4H,(H,20,21,22). The Morgan fingerprint density at radius 2 is 1.42 bits per heavy atom. The fraction of sp³-hybridized carbons (Fsp3) is 0. The summed E-state index contributed by atoms with van der Waals surface area (Å²) >= 11 is 3.08. The second-order valence-electron chi connectivity index (χ2n) is 4.29. The molecule has 11 heteroatoms. The summed E-state index contributed by atoms with van der Waals surface area (Å²) in [6, 6.07) is 5.18. The van der Waals surface area contributed by atoms with Gasteiger partial charge in [-0.15, -0.1) is 0 Å². The first kappa shape index (κ1) is 18.4. The largest absolute Gasteiger partial charge is 0.416 e. The van der Waals surface area contributed by atoms with Gasteiger partial charge in [-0.3, -0.25) is 4.55 Å². The predicted molar refractivity (Wildman–Crippen MR) is 75.2 cm³/mol. The fourth-order valence-corrected chi connectivity index (χ4v) is 2.54. The predicted octanol–water partition coefficient (Wildman–Crippen LogP) is 3.47. The van der Waals surface area contributed by atoms with Crippen molar-refractivity contribution in [2.75, 3.05) is 0 Å². The third-order valence-corrected chi connectivity index (χ3v) is 4.12. The minimum Gasteiger partial charge on any atom is -0.416 e. The Hall–Kier alpha value is -1.98. The molecular formula is C13H5BrF4O5S. The lowest BCUT2D eigenvalue weighted by atomic mass is 10.2. The highest BCUT2D eigenvalue weighted by atomic mass is 79.9. The van der Waals surface area contributed by atoms with Crippen molar-refractivity contribution in [2.45, 2.75) is 4.90 Å². The molecule has 0 saturated heterocycles. The molecule has 2 aromatic carbocycles. The van der Waals surface area contributed by atoms with Gasteiger partial charge in [-0.25, -0.2) is 13.6 Å². The molecule has 0 aliphatic carbocycles. The Morgan fingerprint density at radius 3 is 1.83 bits per heavy atom. The summed E-state index contributed by atoms with van der Waals surface area (Å²) in [5, 5.41) is 0. The number of ether oxygens (including phenoxy) is 1. The summed E-state index contributed by atoms with van der Waals surface area (Å²) in [7, 11) is -5.59. The van der Waals surface area contributed by atoms with E-state index in [1.165, 1.54) is 24.3 Å². The van der Waals surface area contributed by atoms with Gasteiger partial charge < -0.3 is 4.74 Å². The molecule has 0 fully saturated rings. The van der Waals surface area contributed by atoms with Crippen LogP contribution >= 0.6 is 15.9 Å². The van der Waals surface area contributed by atoms with Gasteiger partial charge in [-0.1, -0.05) is 15.9 Å². The van der Waals surface area contributed by atoms with E-state index >= 15 is 0 Å². The van der Waals surface area contributed by atoms with Crippen molar-refractivity contribution in [1.29, 1.82) is 0 Å². The number of hydrogen-bond acceptors (Lipinski definition) is 4. The van der Waals surface area contributed by atoms with Crippen molar-refractivity contribution in [1.82, 2.24) is 0 Å². The molecule has 1 N–H and O–H groups in total. The van der Waals surface area contributed by atoms with Crippen LogP contribution in [0.25, 0.3) is 0 Å². The topological polar surface area (TPSA) is 80.7 Å². The van der Waals surface area contributed by atoms with Crippen molar-refractivity contribution in [2.24, 2.45) is 0 Å². The van der Waals surface area contributed by atoms with Crippen LogP contribution in [0.15, 0.2) is 33.6 Å². The number of carbonyl (C=O) groups is 1. The van der Waals surface area contributed by atoms with Crippen molar-refractivity contribution in [3.8, 4) is 5.75 Å². The summed E-state index contributed by atoms with van der Waals surface area (Å²) in [5.41, 5.74) is -0.198. The fourth-order valence-electron chi connectivity index (χ4n) is 1.65. The normalized spacial score (nSPS) is 11.4. The summed E-state index contributed by atoms with van der Waals surface area (Å²) < 4.78 is 89.7. The smallest absolute Gasteiger partial charge is 0.343 e. The maximum absolute atomic E-state index is 13.7. The van der Waals surface area contributed by atoms with Crippen LogP contribution in [0.5, 0.6) is 5.75 Å². The highest BCUT2D eigenvalue weighted by Gasteiger charge is 2.34. The van der Waals surface area contributed by atoms with Crippen LogP contribution in [0.4, 0.5) is 17.6 Å². The van der Waals surface area contributed by atoms with Gasteiger partial charge in [0.25, 0.3) is 0 Å². The highest BCUT2D eigenvalue weighted by Crippen LogP contribution is 2.32. The molecule has 0 unspecified atom stereocenters. The number of rotatable bonds is 3. The zero-order valence-corrected chi connectivity index (χ0v) is 13.6.